The molecule has 0 spiro atoms. The molecule has 0 fully saturated rings. The smallest absolute Gasteiger partial charge is 0.265 e. The summed E-state index contributed by atoms with van der Waals surface area (Å²) in [5, 5.41) is 3.29. The van der Waals surface area contributed by atoms with Crippen LogP contribution in [0, 0.1) is 12.8 Å². The average Bonchev–Trinajstić information content (AvgIpc) is 2.54. The summed E-state index contributed by atoms with van der Waals surface area (Å²) in [6, 6.07) is 12.3. The molecule has 0 aliphatic heterocycles. The van der Waals surface area contributed by atoms with E-state index in [-0.39, 0.29) is 4.90 Å². The molecule has 24 heavy (non-hydrogen) atoms. The zero-order valence-electron chi connectivity index (χ0n) is 14.5. The van der Waals surface area contributed by atoms with Crippen LogP contribution in [-0.2, 0) is 10.0 Å². The molecular weight excluding hydrogens is 324 g/mol. The van der Waals surface area contributed by atoms with Crippen LogP contribution < -0.4 is 14.8 Å². The van der Waals surface area contributed by atoms with E-state index >= 15 is 0 Å². The Morgan fingerprint density at radius 2 is 1.67 bits per heavy atom. The fourth-order valence-electron chi connectivity index (χ4n) is 2.18. The van der Waals surface area contributed by atoms with Crippen LogP contribution in [0.15, 0.2) is 47.4 Å². The van der Waals surface area contributed by atoms with E-state index in [4.69, 9.17) is 4.74 Å². The van der Waals surface area contributed by atoms with E-state index in [0.29, 0.717) is 17.4 Å². The number of methoxy groups -OCH3 is 1. The van der Waals surface area contributed by atoms with Gasteiger partial charge in [0, 0.05) is 17.9 Å². The second kappa shape index (κ2) is 7.57. The van der Waals surface area contributed by atoms with Crippen molar-refractivity contribution in [3.05, 3.63) is 48.0 Å². The van der Waals surface area contributed by atoms with Crippen LogP contribution in [0.3, 0.4) is 0 Å². The zero-order chi connectivity index (χ0) is 17.7. The molecule has 6 heteroatoms. The van der Waals surface area contributed by atoms with E-state index in [1.165, 1.54) is 7.11 Å². The van der Waals surface area contributed by atoms with Crippen molar-refractivity contribution >= 4 is 21.4 Å². The lowest BCUT2D eigenvalue weighted by Crippen LogP contribution is -2.14. The molecule has 2 N–H and O–H groups in total. The minimum absolute atomic E-state index is 0.131. The molecule has 0 saturated heterocycles. The molecule has 0 aliphatic rings. The molecule has 2 aromatic rings. The molecule has 2 aromatic carbocycles. The highest BCUT2D eigenvalue weighted by molar-refractivity contribution is 7.92. The van der Waals surface area contributed by atoms with Crippen LogP contribution in [0.5, 0.6) is 5.75 Å². The third-order valence-corrected chi connectivity index (χ3v) is 4.86. The summed E-state index contributed by atoms with van der Waals surface area (Å²) in [7, 11) is -2.26. The van der Waals surface area contributed by atoms with Crippen LogP contribution in [0.1, 0.15) is 19.4 Å². The number of sulfonamides is 1. The van der Waals surface area contributed by atoms with Crippen molar-refractivity contribution in [3.8, 4) is 5.75 Å². The summed E-state index contributed by atoms with van der Waals surface area (Å²) in [6.07, 6.45) is 0. The van der Waals surface area contributed by atoms with E-state index in [1.807, 2.05) is 25.1 Å². The first kappa shape index (κ1) is 18.1. The standard InChI is InChI=1S/C18H24N2O3S/c1-13(2)12-19-15-6-8-16(9-7-15)20-24(21,22)18-11-14(3)5-10-17(18)23-4/h5-11,13,19-20H,12H2,1-4H3. The van der Waals surface area contributed by atoms with Gasteiger partial charge >= 0.3 is 0 Å². The second-order valence-corrected chi connectivity index (χ2v) is 7.76. The zero-order valence-corrected chi connectivity index (χ0v) is 15.3. The summed E-state index contributed by atoms with van der Waals surface area (Å²) in [6.45, 7) is 6.97. The molecule has 0 radical (unpaired) electrons. The highest BCUT2D eigenvalue weighted by Crippen LogP contribution is 2.27. The fraction of sp³-hybridized carbons (Fsp3) is 0.333. The molecule has 0 unspecified atom stereocenters. The minimum atomic E-state index is -3.71. The molecule has 0 saturated carbocycles. The summed E-state index contributed by atoms with van der Waals surface area (Å²) in [5.74, 6) is 0.861. The average molecular weight is 348 g/mol. The molecule has 0 aromatic heterocycles. The Kier molecular flexibility index (Phi) is 5.72. The van der Waals surface area contributed by atoms with Crippen molar-refractivity contribution in [2.75, 3.05) is 23.7 Å². The van der Waals surface area contributed by atoms with Crippen molar-refractivity contribution in [2.45, 2.75) is 25.7 Å². The summed E-state index contributed by atoms with van der Waals surface area (Å²) < 4.78 is 33.0. The predicted molar refractivity (Wildman–Crippen MR) is 98.3 cm³/mol. The predicted octanol–water partition coefficient (Wildman–Crippen LogP) is 3.87. The van der Waals surface area contributed by atoms with E-state index in [0.717, 1.165) is 17.8 Å². The van der Waals surface area contributed by atoms with Gasteiger partial charge < -0.3 is 10.1 Å². The number of nitrogens with one attached hydrogen (secondary N) is 2. The highest BCUT2D eigenvalue weighted by Gasteiger charge is 2.19. The third kappa shape index (κ3) is 4.64. The van der Waals surface area contributed by atoms with Gasteiger partial charge in [0.25, 0.3) is 10.0 Å². The van der Waals surface area contributed by atoms with Gasteiger partial charge in [-0.25, -0.2) is 8.42 Å². The first-order chi connectivity index (χ1) is 11.3. The quantitative estimate of drug-likeness (QED) is 0.797. The number of ether oxygens (including phenoxy) is 1. The van der Waals surface area contributed by atoms with Gasteiger partial charge in [0.15, 0.2) is 0 Å². The molecule has 0 bridgehead atoms. The van der Waals surface area contributed by atoms with Crippen molar-refractivity contribution in [1.29, 1.82) is 0 Å². The Balaban J connectivity index is 2.19. The maximum absolute atomic E-state index is 12.6. The van der Waals surface area contributed by atoms with E-state index < -0.39 is 10.0 Å². The van der Waals surface area contributed by atoms with E-state index in [1.54, 1.807) is 24.3 Å². The fourth-order valence-corrected chi connectivity index (χ4v) is 3.50. The number of hydrogen-bond donors (Lipinski definition) is 2. The van der Waals surface area contributed by atoms with Gasteiger partial charge in [-0.2, -0.15) is 0 Å². The Bertz CT molecular complexity index is 784. The normalized spacial score (nSPS) is 11.4. The molecule has 0 amide bonds. The largest absolute Gasteiger partial charge is 0.495 e. The maximum atomic E-state index is 12.6. The van der Waals surface area contributed by atoms with Crippen molar-refractivity contribution in [2.24, 2.45) is 5.92 Å². The Morgan fingerprint density at radius 3 is 2.25 bits per heavy atom. The van der Waals surface area contributed by atoms with Gasteiger partial charge in [0.2, 0.25) is 0 Å². The van der Waals surface area contributed by atoms with Gasteiger partial charge in [-0.1, -0.05) is 19.9 Å². The maximum Gasteiger partial charge on any atom is 0.265 e. The molecule has 2 rings (SSSR count). The topological polar surface area (TPSA) is 67.4 Å². The first-order valence-electron chi connectivity index (χ1n) is 7.83. The third-order valence-electron chi connectivity index (χ3n) is 3.46. The molecular formula is C18H24N2O3S. The summed E-state index contributed by atoms with van der Waals surface area (Å²) in [5.41, 5.74) is 2.32. The van der Waals surface area contributed by atoms with Crippen LogP contribution in [0.25, 0.3) is 0 Å². The molecule has 0 aliphatic carbocycles. The Hall–Kier alpha value is -2.21. The lowest BCUT2D eigenvalue weighted by atomic mass is 10.2. The van der Waals surface area contributed by atoms with E-state index in [2.05, 4.69) is 23.9 Å². The van der Waals surface area contributed by atoms with Crippen LogP contribution in [-0.4, -0.2) is 22.1 Å². The lowest BCUT2D eigenvalue weighted by molar-refractivity contribution is 0.402. The Labute approximate surface area is 144 Å². The van der Waals surface area contributed by atoms with Crippen molar-refractivity contribution < 1.29 is 13.2 Å². The van der Waals surface area contributed by atoms with Gasteiger partial charge in [-0.05, 0) is 54.8 Å². The Morgan fingerprint density at radius 1 is 1.04 bits per heavy atom. The number of benzene rings is 2. The monoisotopic (exact) mass is 348 g/mol. The molecule has 0 atom stereocenters. The van der Waals surface area contributed by atoms with Gasteiger partial charge in [0.1, 0.15) is 10.6 Å². The summed E-state index contributed by atoms with van der Waals surface area (Å²) >= 11 is 0. The lowest BCUT2D eigenvalue weighted by Gasteiger charge is -2.13. The van der Waals surface area contributed by atoms with Crippen molar-refractivity contribution in [3.63, 3.8) is 0 Å². The van der Waals surface area contributed by atoms with Crippen LogP contribution in [0.2, 0.25) is 0 Å². The first-order valence-corrected chi connectivity index (χ1v) is 9.31. The van der Waals surface area contributed by atoms with Gasteiger partial charge in [-0.15, -0.1) is 0 Å². The second-order valence-electron chi connectivity index (χ2n) is 6.11. The SMILES string of the molecule is COc1ccc(C)cc1S(=O)(=O)Nc1ccc(NCC(C)C)cc1. The molecule has 5 nitrogen and oxygen atoms in total. The van der Waals surface area contributed by atoms with Gasteiger partial charge in [-0.3, -0.25) is 4.72 Å². The number of rotatable bonds is 7. The van der Waals surface area contributed by atoms with E-state index in [9.17, 15) is 8.42 Å². The van der Waals surface area contributed by atoms with Crippen LogP contribution >= 0.6 is 0 Å². The summed E-state index contributed by atoms with van der Waals surface area (Å²) in [4.78, 5) is 0.131. The van der Waals surface area contributed by atoms with Crippen LogP contribution in [0.4, 0.5) is 11.4 Å². The number of hydrogen-bond acceptors (Lipinski definition) is 4. The van der Waals surface area contributed by atoms with Crippen molar-refractivity contribution in [1.82, 2.24) is 0 Å². The number of aryl methyl sites for hydroxylation is 1. The molecule has 130 valence electrons. The minimum Gasteiger partial charge on any atom is -0.495 e. The number of anilines is 2. The highest BCUT2D eigenvalue weighted by atomic mass is 32.2. The van der Waals surface area contributed by atoms with Gasteiger partial charge in [0.05, 0.1) is 7.11 Å². The molecule has 0 heterocycles.